The molecule has 4 heteroatoms. The Morgan fingerprint density at radius 1 is 1.06 bits per heavy atom. The van der Waals surface area contributed by atoms with E-state index in [0.29, 0.717) is 12.6 Å². The van der Waals surface area contributed by atoms with Gasteiger partial charge in [0.15, 0.2) is 0 Å². The van der Waals surface area contributed by atoms with Gasteiger partial charge in [-0.1, -0.05) is 6.42 Å². The van der Waals surface area contributed by atoms with Crippen LogP contribution in [0.1, 0.15) is 32.1 Å². The van der Waals surface area contributed by atoms with Gasteiger partial charge >= 0.3 is 0 Å². The highest BCUT2D eigenvalue weighted by Gasteiger charge is 2.49. The van der Waals surface area contributed by atoms with E-state index in [1.54, 1.807) is 0 Å². The van der Waals surface area contributed by atoms with E-state index in [9.17, 15) is 9.59 Å². The van der Waals surface area contributed by atoms with Crippen LogP contribution >= 0.6 is 0 Å². The van der Waals surface area contributed by atoms with E-state index in [1.165, 1.54) is 4.90 Å². The van der Waals surface area contributed by atoms with Crippen LogP contribution in [0.2, 0.25) is 0 Å². The number of rotatable bonds is 2. The Bertz CT molecular complexity index is 301. The summed E-state index contributed by atoms with van der Waals surface area (Å²) in [4.78, 5) is 25.7. The lowest BCUT2D eigenvalue weighted by Gasteiger charge is -2.20. The van der Waals surface area contributed by atoms with Gasteiger partial charge in [-0.15, -0.1) is 0 Å². The van der Waals surface area contributed by atoms with Crippen LogP contribution in [0.4, 0.5) is 0 Å². The molecule has 16 heavy (non-hydrogen) atoms. The van der Waals surface area contributed by atoms with Crippen molar-refractivity contribution >= 4 is 11.8 Å². The van der Waals surface area contributed by atoms with Gasteiger partial charge in [-0.05, 0) is 32.2 Å². The summed E-state index contributed by atoms with van der Waals surface area (Å²) < 4.78 is 0. The molecule has 3 fully saturated rings. The summed E-state index contributed by atoms with van der Waals surface area (Å²) in [6, 6.07) is 0.340. The van der Waals surface area contributed by atoms with Crippen molar-refractivity contribution in [1.29, 1.82) is 0 Å². The predicted octanol–water partition coefficient (Wildman–Crippen LogP) is 0.523. The Labute approximate surface area is 95.4 Å². The average molecular weight is 222 g/mol. The first-order chi connectivity index (χ1) is 7.77. The van der Waals surface area contributed by atoms with E-state index in [-0.39, 0.29) is 23.7 Å². The van der Waals surface area contributed by atoms with Gasteiger partial charge in [0.25, 0.3) is 0 Å². The van der Waals surface area contributed by atoms with Gasteiger partial charge in [0.2, 0.25) is 11.8 Å². The number of carbonyl (C=O) groups is 2. The standard InChI is InChI=1S/C12H18N2O2/c15-11-9-4-1-5-10(9)12(16)14(11)7-8-3-2-6-13-8/h8-10,13H,1-7H2/t8-,9?,10?/m0/s1. The molecule has 3 atom stereocenters. The molecule has 4 nitrogen and oxygen atoms in total. The lowest BCUT2D eigenvalue weighted by Crippen LogP contribution is -2.41. The maximum Gasteiger partial charge on any atom is 0.233 e. The van der Waals surface area contributed by atoms with Crippen molar-refractivity contribution in [3.05, 3.63) is 0 Å². The molecule has 2 heterocycles. The van der Waals surface area contributed by atoms with E-state index in [4.69, 9.17) is 0 Å². The van der Waals surface area contributed by atoms with Crippen LogP contribution in [0.25, 0.3) is 0 Å². The Kier molecular flexibility index (Phi) is 2.46. The summed E-state index contributed by atoms with van der Waals surface area (Å²) in [7, 11) is 0. The zero-order chi connectivity index (χ0) is 11.1. The molecular formula is C12H18N2O2. The number of fused-ring (bicyclic) bond motifs is 1. The summed E-state index contributed by atoms with van der Waals surface area (Å²) >= 11 is 0. The molecule has 0 aromatic carbocycles. The highest BCUT2D eigenvalue weighted by Crippen LogP contribution is 2.39. The lowest BCUT2D eigenvalue weighted by molar-refractivity contribution is -0.140. The third-order valence-corrected chi connectivity index (χ3v) is 4.25. The smallest absolute Gasteiger partial charge is 0.233 e. The van der Waals surface area contributed by atoms with E-state index in [0.717, 1.165) is 38.6 Å². The molecule has 2 saturated heterocycles. The van der Waals surface area contributed by atoms with Gasteiger partial charge in [0.1, 0.15) is 0 Å². The highest BCUT2D eigenvalue weighted by molar-refractivity contribution is 6.05. The molecular weight excluding hydrogens is 204 g/mol. The predicted molar refractivity (Wildman–Crippen MR) is 58.6 cm³/mol. The number of imide groups is 1. The second-order valence-corrected chi connectivity index (χ2v) is 5.22. The third-order valence-electron chi connectivity index (χ3n) is 4.25. The average Bonchev–Trinajstić information content (AvgIpc) is 2.97. The van der Waals surface area contributed by atoms with Crippen molar-refractivity contribution in [2.75, 3.05) is 13.1 Å². The molecule has 0 aromatic heterocycles. The molecule has 1 N–H and O–H groups in total. The van der Waals surface area contributed by atoms with E-state index in [2.05, 4.69) is 5.32 Å². The van der Waals surface area contributed by atoms with Gasteiger partial charge in [-0.25, -0.2) is 0 Å². The summed E-state index contributed by atoms with van der Waals surface area (Å²) in [5, 5.41) is 3.34. The summed E-state index contributed by atoms with van der Waals surface area (Å²) in [6.45, 7) is 1.62. The van der Waals surface area contributed by atoms with Crippen LogP contribution < -0.4 is 5.32 Å². The molecule has 0 aromatic rings. The molecule has 2 aliphatic heterocycles. The third kappa shape index (κ3) is 1.47. The first-order valence-corrected chi connectivity index (χ1v) is 6.36. The zero-order valence-corrected chi connectivity index (χ0v) is 9.45. The minimum atomic E-state index is 0.0221. The van der Waals surface area contributed by atoms with Crippen LogP contribution in [0.3, 0.4) is 0 Å². The number of nitrogens with one attached hydrogen (secondary N) is 1. The highest BCUT2D eigenvalue weighted by atomic mass is 16.2. The summed E-state index contributed by atoms with van der Waals surface area (Å²) in [5.41, 5.74) is 0. The molecule has 3 rings (SSSR count). The molecule has 0 spiro atoms. The first-order valence-electron chi connectivity index (χ1n) is 6.36. The number of carbonyl (C=O) groups excluding carboxylic acids is 2. The number of likely N-dealkylation sites (tertiary alicyclic amines) is 1. The maximum atomic E-state index is 12.1. The number of hydrogen-bond acceptors (Lipinski definition) is 3. The number of amides is 2. The van der Waals surface area contributed by atoms with Crippen molar-refractivity contribution in [3.63, 3.8) is 0 Å². The van der Waals surface area contributed by atoms with Gasteiger partial charge < -0.3 is 5.32 Å². The van der Waals surface area contributed by atoms with E-state index < -0.39 is 0 Å². The minimum Gasteiger partial charge on any atom is -0.312 e. The molecule has 0 bridgehead atoms. The van der Waals surface area contributed by atoms with Gasteiger partial charge in [-0.2, -0.15) is 0 Å². The zero-order valence-electron chi connectivity index (χ0n) is 9.45. The molecule has 1 aliphatic carbocycles. The Morgan fingerprint density at radius 3 is 2.31 bits per heavy atom. The molecule has 2 unspecified atom stereocenters. The largest absolute Gasteiger partial charge is 0.312 e. The second-order valence-electron chi connectivity index (χ2n) is 5.22. The van der Waals surface area contributed by atoms with Crippen molar-refractivity contribution < 1.29 is 9.59 Å². The van der Waals surface area contributed by atoms with E-state index >= 15 is 0 Å². The molecule has 88 valence electrons. The van der Waals surface area contributed by atoms with Gasteiger partial charge in [0.05, 0.1) is 11.8 Å². The van der Waals surface area contributed by atoms with Crippen molar-refractivity contribution in [2.45, 2.75) is 38.1 Å². The fraction of sp³-hybridized carbons (Fsp3) is 0.833. The van der Waals surface area contributed by atoms with Crippen molar-refractivity contribution in [1.82, 2.24) is 10.2 Å². The monoisotopic (exact) mass is 222 g/mol. The van der Waals surface area contributed by atoms with Crippen LogP contribution in [0.5, 0.6) is 0 Å². The fourth-order valence-electron chi connectivity index (χ4n) is 3.37. The number of hydrogen-bond donors (Lipinski definition) is 1. The molecule has 2 amide bonds. The second kappa shape index (κ2) is 3.84. The topological polar surface area (TPSA) is 49.4 Å². The SMILES string of the molecule is O=C1C2CCCC2C(=O)N1C[C@@H]1CCCN1. The van der Waals surface area contributed by atoms with E-state index in [1.807, 2.05) is 0 Å². The summed E-state index contributed by atoms with van der Waals surface area (Å²) in [6.07, 6.45) is 5.14. The Hall–Kier alpha value is -0.900. The summed E-state index contributed by atoms with van der Waals surface area (Å²) in [5.74, 6) is 0.241. The number of nitrogens with zero attached hydrogens (tertiary/aromatic N) is 1. The molecule has 0 radical (unpaired) electrons. The molecule has 1 saturated carbocycles. The van der Waals surface area contributed by atoms with Gasteiger partial charge in [0, 0.05) is 12.6 Å². The first kappa shape index (κ1) is 10.3. The Morgan fingerprint density at radius 2 is 1.75 bits per heavy atom. The quantitative estimate of drug-likeness (QED) is 0.693. The van der Waals surface area contributed by atoms with Gasteiger partial charge in [-0.3, -0.25) is 14.5 Å². The van der Waals surface area contributed by atoms with Crippen LogP contribution in [-0.2, 0) is 9.59 Å². The van der Waals surface area contributed by atoms with Crippen molar-refractivity contribution in [2.24, 2.45) is 11.8 Å². The molecule has 3 aliphatic rings. The fourth-order valence-corrected chi connectivity index (χ4v) is 3.37. The van der Waals surface area contributed by atoms with Crippen LogP contribution in [0, 0.1) is 11.8 Å². The van der Waals surface area contributed by atoms with Crippen molar-refractivity contribution in [3.8, 4) is 0 Å². The van der Waals surface area contributed by atoms with Crippen LogP contribution in [-0.4, -0.2) is 35.8 Å². The van der Waals surface area contributed by atoms with Crippen LogP contribution in [0.15, 0.2) is 0 Å². The Balaban J connectivity index is 1.71. The maximum absolute atomic E-state index is 12.1. The normalized spacial score (nSPS) is 38.5. The minimum absolute atomic E-state index is 0.0221. The lowest BCUT2D eigenvalue weighted by atomic mass is 10.00.